The smallest absolute Gasteiger partial charge is 0.00205 e. The summed E-state index contributed by atoms with van der Waals surface area (Å²) >= 11 is 0. The molecule has 114 valence electrons. The first-order valence-corrected chi connectivity index (χ1v) is 8.92. The van der Waals surface area contributed by atoms with Crippen LogP contribution in [0, 0.1) is 11.3 Å². The predicted molar refractivity (Wildman–Crippen MR) is 86.3 cm³/mol. The van der Waals surface area contributed by atoms with Gasteiger partial charge in [-0.1, -0.05) is 78.1 Å². The largest absolute Gasteiger partial charge is 0.330 e. The third kappa shape index (κ3) is 6.79. The minimum Gasteiger partial charge on any atom is -0.330 e. The van der Waals surface area contributed by atoms with Crippen LogP contribution in [0.1, 0.15) is 97.3 Å². The van der Waals surface area contributed by atoms with Gasteiger partial charge in [0.05, 0.1) is 0 Å². The molecule has 1 nitrogen and oxygen atoms in total. The van der Waals surface area contributed by atoms with Crippen LogP contribution in [0.15, 0.2) is 0 Å². The second kappa shape index (κ2) is 9.80. The summed E-state index contributed by atoms with van der Waals surface area (Å²) in [5, 5.41) is 0. The van der Waals surface area contributed by atoms with Crippen LogP contribution in [0.4, 0.5) is 0 Å². The lowest BCUT2D eigenvalue weighted by molar-refractivity contribution is 0.146. The molecule has 0 unspecified atom stereocenters. The molecule has 2 N–H and O–H groups in total. The molecule has 0 radical (unpaired) electrons. The van der Waals surface area contributed by atoms with Crippen molar-refractivity contribution in [3.05, 3.63) is 0 Å². The van der Waals surface area contributed by atoms with E-state index in [2.05, 4.69) is 13.8 Å². The fourth-order valence-corrected chi connectivity index (χ4v) is 3.56. The summed E-state index contributed by atoms with van der Waals surface area (Å²) < 4.78 is 0. The fourth-order valence-electron chi connectivity index (χ4n) is 3.56. The third-order valence-electron chi connectivity index (χ3n) is 5.33. The molecule has 19 heavy (non-hydrogen) atoms. The van der Waals surface area contributed by atoms with Gasteiger partial charge in [0.15, 0.2) is 0 Å². The number of unbranched alkanes of at least 4 members (excludes halogenated alkanes) is 7. The van der Waals surface area contributed by atoms with Gasteiger partial charge in [0.25, 0.3) is 0 Å². The van der Waals surface area contributed by atoms with E-state index in [0.29, 0.717) is 5.41 Å². The summed E-state index contributed by atoms with van der Waals surface area (Å²) in [6, 6.07) is 0. The zero-order valence-electron chi connectivity index (χ0n) is 13.6. The highest BCUT2D eigenvalue weighted by Crippen LogP contribution is 2.41. The van der Waals surface area contributed by atoms with E-state index >= 15 is 0 Å². The number of hydrogen-bond acceptors (Lipinski definition) is 1. The second-order valence-corrected chi connectivity index (χ2v) is 7.11. The Balaban J connectivity index is 2.03. The van der Waals surface area contributed by atoms with Gasteiger partial charge in [0, 0.05) is 0 Å². The normalized spacial score (nSPS) is 27.6. The Labute approximate surface area is 121 Å². The summed E-state index contributed by atoms with van der Waals surface area (Å²) in [6.07, 6.45) is 18.4. The van der Waals surface area contributed by atoms with Crippen molar-refractivity contribution >= 4 is 0 Å². The number of hydrogen-bond donors (Lipinski definition) is 1. The van der Waals surface area contributed by atoms with Crippen LogP contribution in [0.25, 0.3) is 0 Å². The molecule has 1 aliphatic carbocycles. The van der Waals surface area contributed by atoms with Crippen molar-refractivity contribution in [2.24, 2.45) is 17.1 Å². The van der Waals surface area contributed by atoms with Gasteiger partial charge in [0.2, 0.25) is 0 Å². The van der Waals surface area contributed by atoms with Gasteiger partial charge in [-0.15, -0.1) is 0 Å². The predicted octanol–water partition coefficient (Wildman–Crippen LogP) is 5.67. The Kier molecular flexibility index (Phi) is 8.77. The van der Waals surface area contributed by atoms with E-state index in [1.165, 1.54) is 83.5 Å². The maximum atomic E-state index is 6.08. The molecular weight excluding hydrogens is 230 g/mol. The molecule has 0 atom stereocenters. The van der Waals surface area contributed by atoms with E-state index < -0.39 is 0 Å². The van der Waals surface area contributed by atoms with Gasteiger partial charge in [-0.3, -0.25) is 0 Å². The van der Waals surface area contributed by atoms with Crippen molar-refractivity contribution in [2.45, 2.75) is 97.3 Å². The fraction of sp³-hybridized carbons (Fsp3) is 1.00. The zero-order chi connectivity index (χ0) is 14.0. The lowest BCUT2D eigenvalue weighted by Crippen LogP contribution is -2.34. The molecule has 1 rings (SSSR count). The highest BCUT2D eigenvalue weighted by Gasteiger charge is 2.32. The third-order valence-corrected chi connectivity index (χ3v) is 5.33. The van der Waals surface area contributed by atoms with Crippen LogP contribution in [0.2, 0.25) is 0 Å². The number of nitrogens with two attached hydrogens (primary N) is 1. The first-order valence-electron chi connectivity index (χ1n) is 8.92. The lowest BCUT2D eigenvalue weighted by atomic mass is 9.68. The van der Waals surface area contributed by atoms with Crippen LogP contribution < -0.4 is 5.73 Å². The van der Waals surface area contributed by atoms with E-state index in [-0.39, 0.29) is 0 Å². The maximum absolute atomic E-state index is 6.08. The van der Waals surface area contributed by atoms with Gasteiger partial charge >= 0.3 is 0 Å². The Hall–Kier alpha value is -0.0400. The van der Waals surface area contributed by atoms with Gasteiger partial charge < -0.3 is 5.73 Å². The molecular formula is C18H37N. The lowest BCUT2D eigenvalue weighted by Gasteiger charge is -2.38. The van der Waals surface area contributed by atoms with Gasteiger partial charge in [-0.25, -0.2) is 0 Å². The van der Waals surface area contributed by atoms with Gasteiger partial charge in [0.1, 0.15) is 0 Å². The Morgan fingerprint density at radius 1 is 0.895 bits per heavy atom. The Bertz CT molecular complexity index is 204. The van der Waals surface area contributed by atoms with Crippen LogP contribution >= 0.6 is 0 Å². The summed E-state index contributed by atoms with van der Waals surface area (Å²) in [7, 11) is 0. The standard InChI is InChI=1S/C18H37N/c1-3-4-5-6-7-8-9-10-13-18(16-19)14-11-17(2)12-15-18/h17H,3-16,19H2,1-2H3. The van der Waals surface area contributed by atoms with E-state index in [1.54, 1.807) is 0 Å². The first-order chi connectivity index (χ1) is 9.22. The Morgan fingerprint density at radius 3 is 1.95 bits per heavy atom. The van der Waals surface area contributed by atoms with Gasteiger partial charge in [-0.2, -0.15) is 0 Å². The van der Waals surface area contributed by atoms with Crippen molar-refractivity contribution in [1.82, 2.24) is 0 Å². The first kappa shape index (κ1) is 17.0. The highest BCUT2D eigenvalue weighted by atomic mass is 14.6. The summed E-state index contributed by atoms with van der Waals surface area (Å²) in [6.45, 7) is 5.62. The van der Waals surface area contributed by atoms with Crippen molar-refractivity contribution in [1.29, 1.82) is 0 Å². The highest BCUT2D eigenvalue weighted by molar-refractivity contribution is 4.85. The minimum atomic E-state index is 0.523. The molecule has 0 aliphatic heterocycles. The molecule has 0 bridgehead atoms. The van der Waals surface area contributed by atoms with Crippen molar-refractivity contribution in [3.63, 3.8) is 0 Å². The van der Waals surface area contributed by atoms with Crippen LogP contribution in [-0.2, 0) is 0 Å². The molecule has 1 saturated carbocycles. The second-order valence-electron chi connectivity index (χ2n) is 7.11. The van der Waals surface area contributed by atoms with Crippen molar-refractivity contribution in [2.75, 3.05) is 6.54 Å². The SMILES string of the molecule is CCCCCCCCCCC1(CN)CCC(C)CC1. The molecule has 1 aliphatic rings. The molecule has 0 heterocycles. The molecule has 0 aromatic heterocycles. The summed E-state index contributed by atoms with van der Waals surface area (Å²) in [4.78, 5) is 0. The summed E-state index contributed by atoms with van der Waals surface area (Å²) in [5.41, 5.74) is 6.60. The monoisotopic (exact) mass is 267 g/mol. The molecule has 0 aromatic carbocycles. The van der Waals surface area contributed by atoms with E-state index in [1.807, 2.05) is 0 Å². The van der Waals surface area contributed by atoms with Crippen molar-refractivity contribution < 1.29 is 0 Å². The zero-order valence-corrected chi connectivity index (χ0v) is 13.6. The number of rotatable bonds is 10. The van der Waals surface area contributed by atoms with E-state index in [4.69, 9.17) is 5.73 Å². The molecule has 1 fully saturated rings. The average molecular weight is 268 g/mol. The minimum absolute atomic E-state index is 0.523. The summed E-state index contributed by atoms with van der Waals surface area (Å²) in [5.74, 6) is 0.943. The molecule has 0 aromatic rings. The van der Waals surface area contributed by atoms with Crippen LogP contribution in [0.5, 0.6) is 0 Å². The quantitative estimate of drug-likeness (QED) is 0.507. The average Bonchev–Trinajstić information content (AvgIpc) is 2.44. The van der Waals surface area contributed by atoms with Gasteiger partial charge in [-0.05, 0) is 37.1 Å². The molecule has 0 spiro atoms. The Morgan fingerprint density at radius 2 is 1.42 bits per heavy atom. The molecule has 0 saturated heterocycles. The van der Waals surface area contributed by atoms with E-state index in [9.17, 15) is 0 Å². The molecule has 1 heteroatoms. The van der Waals surface area contributed by atoms with Crippen molar-refractivity contribution in [3.8, 4) is 0 Å². The van der Waals surface area contributed by atoms with Crippen LogP contribution in [0.3, 0.4) is 0 Å². The topological polar surface area (TPSA) is 26.0 Å². The molecule has 0 amide bonds. The van der Waals surface area contributed by atoms with E-state index in [0.717, 1.165) is 12.5 Å². The maximum Gasteiger partial charge on any atom is -0.00205 e. The van der Waals surface area contributed by atoms with Crippen LogP contribution in [-0.4, -0.2) is 6.54 Å².